The monoisotopic (exact) mass is 450 g/mol. The molecule has 3 amide bonds. The van der Waals surface area contributed by atoms with Crippen molar-refractivity contribution in [3.63, 3.8) is 0 Å². The van der Waals surface area contributed by atoms with Gasteiger partial charge in [-0.3, -0.25) is 19.3 Å². The number of ether oxygens (including phenoxy) is 2. The van der Waals surface area contributed by atoms with E-state index >= 15 is 0 Å². The van der Waals surface area contributed by atoms with E-state index in [1.807, 2.05) is 0 Å². The molecule has 1 aliphatic rings. The van der Waals surface area contributed by atoms with Gasteiger partial charge >= 0.3 is 0 Å². The van der Waals surface area contributed by atoms with Crippen molar-refractivity contribution in [1.29, 1.82) is 0 Å². The average molecular weight is 451 g/mol. The number of carbonyl (C=O) groups excluding carboxylic acids is 3. The zero-order valence-electron chi connectivity index (χ0n) is 17.1. The number of benzene rings is 3. The fourth-order valence-electron chi connectivity index (χ4n) is 3.30. The summed E-state index contributed by atoms with van der Waals surface area (Å²) in [5, 5.41) is 3.21. The summed E-state index contributed by atoms with van der Waals surface area (Å²) in [5.74, 6) is 0.644. The first-order chi connectivity index (χ1) is 15.4. The van der Waals surface area contributed by atoms with E-state index in [1.54, 1.807) is 67.8 Å². The van der Waals surface area contributed by atoms with Gasteiger partial charge in [0, 0.05) is 23.4 Å². The third-order valence-corrected chi connectivity index (χ3v) is 5.13. The molecule has 1 heterocycles. The highest BCUT2D eigenvalue weighted by molar-refractivity contribution is 6.31. The topological polar surface area (TPSA) is 84.9 Å². The number of nitrogens with zero attached hydrogens (tertiary/aromatic N) is 1. The maximum atomic E-state index is 12.9. The van der Waals surface area contributed by atoms with Crippen molar-refractivity contribution >= 4 is 40.7 Å². The van der Waals surface area contributed by atoms with Gasteiger partial charge in [0.05, 0.1) is 18.5 Å². The van der Waals surface area contributed by atoms with Crippen molar-refractivity contribution in [3.8, 4) is 17.2 Å². The van der Waals surface area contributed by atoms with Gasteiger partial charge in [-0.05, 0) is 60.7 Å². The van der Waals surface area contributed by atoms with Crippen LogP contribution in [0.4, 0.5) is 11.4 Å². The van der Waals surface area contributed by atoms with Crippen LogP contribution in [0.5, 0.6) is 17.2 Å². The summed E-state index contributed by atoms with van der Waals surface area (Å²) < 4.78 is 11.1. The number of carbonyl (C=O) groups is 3. The highest BCUT2D eigenvalue weighted by Crippen LogP contribution is 2.33. The highest BCUT2D eigenvalue weighted by atomic mass is 35.5. The molecule has 4 rings (SSSR count). The molecule has 8 heteroatoms. The van der Waals surface area contributed by atoms with E-state index in [4.69, 9.17) is 21.1 Å². The molecule has 0 bridgehead atoms. The van der Waals surface area contributed by atoms with Crippen LogP contribution in [0.25, 0.3) is 0 Å². The van der Waals surface area contributed by atoms with E-state index in [9.17, 15) is 14.4 Å². The number of amides is 3. The largest absolute Gasteiger partial charge is 0.497 e. The lowest BCUT2D eigenvalue weighted by atomic mass is 10.1. The molecule has 3 aromatic carbocycles. The molecule has 1 saturated heterocycles. The van der Waals surface area contributed by atoms with E-state index in [2.05, 4.69) is 5.32 Å². The molecule has 7 nitrogen and oxygen atoms in total. The molecule has 1 aliphatic heterocycles. The van der Waals surface area contributed by atoms with E-state index in [-0.39, 0.29) is 30.2 Å². The number of imide groups is 1. The Morgan fingerprint density at radius 2 is 1.62 bits per heavy atom. The van der Waals surface area contributed by atoms with Crippen molar-refractivity contribution in [1.82, 2.24) is 0 Å². The molecule has 1 fully saturated rings. The van der Waals surface area contributed by atoms with Crippen LogP contribution in [0.15, 0.2) is 66.7 Å². The number of methoxy groups -OCH3 is 1. The Morgan fingerprint density at radius 1 is 0.938 bits per heavy atom. The summed E-state index contributed by atoms with van der Waals surface area (Å²) in [4.78, 5) is 38.1. The molecule has 0 atom stereocenters. The number of hydrogen-bond acceptors (Lipinski definition) is 5. The minimum Gasteiger partial charge on any atom is -0.497 e. The van der Waals surface area contributed by atoms with Crippen LogP contribution in [-0.2, 0) is 9.59 Å². The van der Waals surface area contributed by atoms with Gasteiger partial charge in [0.2, 0.25) is 11.8 Å². The zero-order valence-corrected chi connectivity index (χ0v) is 17.9. The molecule has 0 aromatic heterocycles. The first-order valence-corrected chi connectivity index (χ1v) is 10.2. The minimum atomic E-state index is -0.437. The molecule has 32 heavy (non-hydrogen) atoms. The Balaban J connectivity index is 1.57. The SMILES string of the molecule is COc1ccc(Oc2ccc(Cl)cc2NC(=O)c2cccc(N3C(=O)CCC3=O)c2)cc1. The predicted molar refractivity (Wildman–Crippen MR) is 121 cm³/mol. The van der Waals surface area contributed by atoms with Crippen LogP contribution in [0.1, 0.15) is 23.2 Å². The van der Waals surface area contributed by atoms with Gasteiger partial charge in [0.15, 0.2) is 5.75 Å². The van der Waals surface area contributed by atoms with Gasteiger partial charge in [-0.2, -0.15) is 0 Å². The summed E-state index contributed by atoms with van der Waals surface area (Å²) in [6, 6.07) is 18.2. The summed E-state index contributed by atoms with van der Waals surface area (Å²) in [7, 11) is 1.58. The molecular weight excluding hydrogens is 432 g/mol. The second-order valence-corrected chi connectivity index (χ2v) is 7.48. The van der Waals surface area contributed by atoms with Crippen molar-refractivity contribution in [2.45, 2.75) is 12.8 Å². The third-order valence-electron chi connectivity index (χ3n) is 4.90. The summed E-state index contributed by atoms with van der Waals surface area (Å²) in [6.07, 6.45) is 0.341. The molecule has 0 saturated carbocycles. The third kappa shape index (κ3) is 4.58. The Morgan fingerprint density at radius 3 is 2.31 bits per heavy atom. The number of anilines is 2. The maximum absolute atomic E-state index is 12.9. The highest BCUT2D eigenvalue weighted by Gasteiger charge is 2.30. The van der Waals surface area contributed by atoms with Gasteiger partial charge in [0.25, 0.3) is 5.91 Å². The Hall–Kier alpha value is -3.84. The van der Waals surface area contributed by atoms with Crippen molar-refractivity contribution in [2.75, 3.05) is 17.3 Å². The Labute approximate surface area is 189 Å². The Kier molecular flexibility index (Phi) is 6.09. The molecule has 0 spiro atoms. The summed E-state index contributed by atoms with van der Waals surface area (Å²) in [6.45, 7) is 0. The number of halogens is 1. The molecule has 0 radical (unpaired) electrons. The van der Waals surface area contributed by atoms with E-state index in [0.29, 0.717) is 33.6 Å². The van der Waals surface area contributed by atoms with E-state index < -0.39 is 5.91 Å². The van der Waals surface area contributed by atoms with E-state index in [0.717, 1.165) is 4.90 Å². The predicted octanol–water partition coefficient (Wildman–Crippen LogP) is 5.05. The first-order valence-electron chi connectivity index (χ1n) is 9.83. The van der Waals surface area contributed by atoms with Crippen molar-refractivity contribution < 1.29 is 23.9 Å². The first kappa shape index (κ1) is 21.4. The molecule has 1 N–H and O–H groups in total. The van der Waals surface area contributed by atoms with Crippen LogP contribution < -0.4 is 19.7 Å². The molecule has 0 aliphatic carbocycles. The van der Waals surface area contributed by atoms with Gasteiger partial charge in [-0.15, -0.1) is 0 Å². The van der Waals surface area contributed by atoms with Crippen molar-refractivity contribution in [3.05, 3.63) is 77.3 Å². The van der Waals surface area contributed by atoms with Gasteiger partial charge < -0.3 is 14.8 Å². The molecule has 0 unspecified atom stereocenters. The zero-order chi connectivity index (χ0) is 22.7. The fraction of sp³-hybridized carbons (Fsp3) is 0.125. The van der Waals surface area contributed by atoms with Crippen LogP contribution in [0.2, 0.25) is 5.02 Å². The minimum absolute atomic E-state index is 0.170. The van der Waals surface area contributed by atoms with Crippen LogP contribution in [0.3, 0.4) is 0 Å². The maximum Gasteiger partial charge on any atom is 0.255 e. The standard InChI is InChI=1S/C24H19ClN2O5/c1-31-18-6-8-19(9-7-18)32-21-10-5-16(25)14-20(21)26-24(30)15-3-2-4-17(13-15)27-22(28)11-12-23(27)29/h2-10,13-14H,11-12H2,1H3,(H,26,30). The molecule has 162 valence electrons. The summed E-state index contributed by atoms with van der Waals surface area (Å²) in [5.41, 5.74) is 1.02. The lowest BCUT2D eigenvalue weighted by Gasteiger charge is -2.16. The molecule has 3 aromatic rings. The number of nitrogens with one attached hydrogen (secondary N) is 1. The van der Waals surface area contributed by atoms with Gasteiger partial charge in [-0.25, -0.2) is 0 Å². The molecular formula is C24H19ClN2O5. The fourth-order valence-corrected chi connectivity index (χ4v) is 3.48. The smallest absolute Gasteiger partial charge is 0.255 e. The normalized spacial score (nSPS) is 13.2. The Bertz CT molecular complexity index is 1180. The average Bonchev–Trinajstić information content (AvgIpc) is 3.14. The second kappa shape index (κ2) is 9.11. The lowest BCUT2D eigenvalue weighted by Crippen LogP contribution is -2.28. The van der Waals surface area contributed by atoms with Crippen LogP contribution >= 0.6 is 11.6 Å². The van der Waals surface area contributed by atoms with Gasteiger partial charge in [0.1, 0.15) is 11.5 Å². The number of hydrogen-bond donors (Lipinski definition) is 1. The summed E-state index contributed by atoms with van der Waals surface area (Å²) >= 11 is 6.13. The van der Waals surface area contributed by atoms with Gasteiger partial charge in [-0.1, -0.05) is 17.7 Å². The number of rotatable bonds is 6. The van der Waals surface area contributed by atoms with E-state index in [1.165, 1.54) is 6.07 Å². The van der Waals surface area contributed by atoms with Crippen LogP contribution in [-0.4, -0.2) is 24.8 Å². The van der Waals surface area contributed by atoms with Crippen LogP contribution in [0, 0.1) is 0 Å². The lowest BCUT2D eigenvalue weighted by molar-refractivity contribution is -0.121. The van der Waals surface area contributed by atoms with Crippen molar-refractivity contribution in [2.24, 2.45) is 0 Å². The second-order valence-electron chi connectivity index (χ2n) is 7.05. The quantitative estimate of drug-likeness (QED) is 0.531.